The Hall–Kier alpha value is -1.79. The molecule has 0 saturated carbocycles. The first-order valence-electron chi connectivity index (χ1n) is 8.35. The van der Waals surface area contributed by atoms with Crippen LogP contribution in [0.2, 0.25) is 10.0 Å². The highest BCUT2D eigenvalue weighted by Gasteiger charge is 2.13. The molecule has 3 N–H and O–H groups in total. The lowest BCUT2D eigenvalue weighted by Gasteiger charge is -2.27. The van der Waals surface area contributed by atoms with Crippen molar-refractivity contribution in [3.8, 4) is 0 Å². The first-order chi connectivity index (χ1) is 12.4. The Kier molecular flexibility index (Phi) is 7.72. The number of aliphatic carboxylic acids is 1. The molecule has 5 nitrogen and oxygen atoms in total. The van der Waals surface area contributed by atoms with E-state index in [0.717, 1.165) is 17.7 Å². The Morgan fingerprint density at radius 3 is 2.62 bits per heavy atom. The van der Waals surface area contributed by atoms with Crippen molar-refractivity contribution in [1.29, 1.82) is 0 Å². The molecule has 1 atom stereocenters. The summed E-state index contributed by atoms with van der Waals surface area (Å²) in [6, 6.07) is 12.4. The maximum absolute atomic E-state index is 10.9. The molecular formula is C19H22Cl2N2O3. The SMILES string of the molecule is CCCN(NC[C@H](O)c1cccc(Cl)c1)c1ccc(CC(=O)O)c(Cl)c1. The minimum absolute atomic E-state index is 0.117. The predicted octanol–water partition coefficient (Wildman–Crippen LogP) is 4.08. The van der Waals surface area contributed by atoms with Gasteiger partial charge in [0.05, 0.1) is 18.2 Å². The fraction of sp³-hybridized carbons (Fsp3) is 0.316. The normalized spacial score (nSPS) is 12.0. The summed E-state index contributed by atoms with van der Waals surface area (Å²) < 4.78 is 0. The highest BCUT2D eigenvalue weighted by molar-refractivity contribution is 6.31. The van der Waals surface area contributed by atoms with Crippen LogP contribution in [0.5, 0.6) is 0 Å². The predicted molar refractivity (Wildman–Crippen MR) is 105 cm³/mol. The molecule has 0 aromatic heterocycles. The van der Waals surface area contributed by atoms with Crippen LogP contribution in [-0.4, -0.2) is 29.3 Å². The number of hydrogen-bond donors (Lipinski definition) is 3. The van der Waals surface area contributed by atoms with Gasteiger partial charge in [-0.3, -0.25) is 4.79 Å². The van der Waals surface area contributed by atoms with Gasteiger partial charge in [-0.05, 0) is 41.8 Å². The number of carboxylic acid groups (broad SMARTS) is 1. The van der Waals surface area contributed by atoms with Gasteiger partial charge in [0.1, 0.15) is 0 Å². The summed E-state index contributed by atoms with van der Waals surface area (Å²) in [7, 11) is 0. The molecular weight excluding hydrogens is 375 g/mol. The second-order valence-electron chi connectivity index (χ2n) is 5.93. The topological polar surface area (TPSA) is 72.8 Å². The first kappa shape index (κ1) is 20.5. The second kappa shape index (κ2) is 9.78. The van der Waals surface area contributed by atoms with Crippen molar-refractivity contribution in [2.45, 2.75) is 25.9 Å². The molecule has 0 spiro atoms. The van der Waals surface area contributed by atoms with E-state index in [2.05, 4.69) is 5.43 Å². The molecule has 26 heavy (non-hydrogen) atoms. The van der Waals surface area contributed by atoms with Crippen LogP contribution < -0.4 is 10.4 Å². The number of aliphatic hydroxyl groups is 1. The van der Waals surface area contributed by atoms with Crippen molar-refractivity contribution in [3.63, 3.8) is 0 Å². The van der Waals surface area contributed by atoms with Crippen molar-refractivity contribution in [2.75, 3.05) is 18.1 Å². The molecule has 0 aliphatic carbocycles. The van der Waals surface area contributed by atoms with Crippen LogP contribution in [0.4, 0.5) is 5.69 Å². The molecule has 0 unspecified atom stereocenters. The Labute approximate surface area is 163 Å². The fourth-order valence-corrected chi connectivity index (χ4v) is 3.00. The zero-order valence-electron chi connectivity index (χ0n) is 14.5. The van der Waals surface area contributed by atoms with Crippen LogP contribution in [0.25, 0.3) is 0 Å². The molecule has 7 heteroatoms. The van der Waals surface area contributed by atoms with E-state index >= 15 is 0 Å². The van der Waals surface area contributed by atoms with E-state index in [4.69, 9.17) is 28.3 Å². The summed E-state index contributed by atoms with van der Waals surface area (Å²) in [6.45, 7) is 3.05. The van der Waals surface area contributed by atoms with E-state index in [1.54, 1.807) is 30.3 Å². The highest BCUT2D eigenvalue weighted by atomic mass is 35.5. The summed E-state index contributed by atoms with van der Waals surface area (Å²) in [5.41, 5.74) is 5.32. The average Bonchev–Trinajstić information content (AvgIpc) is 2.59. The summed E-state index contributed by atoms with van der Waals surface area (Å²) >= 11 is 12.2. The number of carboxylic acids is 1. The average molecular weight is 397 g/mol. The summed E-state index contributed by atoms with van der Waals surface area (Å²) in [5, 5.41) is 22.2. The van der Waals surface area contributed by atoms with E-state index in [9.17, 15) is 9.90 Å². The van der Waals surface area contributed by atoms with Crippen LogP contribution in [-0.2, 0) is 11.2 Å². The van der Waals surface area contributed by atoms with Crippen LogP contribution in [0, 0.1) is 0 Å². The molecule has 0 bridgehead atoms. The summed E-state index contributed by atoms with van der Waals surface area (Å²) in [5.74, 6) is -0.923. The minimum atomic E-state index is -0.923. The van der Waals surface area contributed by atoms with Crippen molar-refractivity contribution < 1.29 is 15.0 Å². The van der Waals surface area contributed by atoms with Gasteiger partial charge in [0.25, 0.3) is 0 Å². The number of benzene rings is 2. The number of rotatable bonds is 9. The van der Waals surface area contributed by atoms with Gasteiger partial charge in [-0.25, -0.2) is 5.43 Å². The smallest absolute Gasteiger partial charge is 0.307 e. The van der Waals surface area contributed by atoms with Crippen molar-refractivity contribution in [1.82, 2.24) is 5.43 Å². The molecule has 0 heterocycles. The van der Waals surface area contributed by atoms with Gasteiger partial charge in [-0.1, -0.05) is 48.3 Å². The minimum Gasteiger partial charge on any atom is -0.481 e. The number of nitrogens with zero attached hydrogens (tertiary/aromatic N) is 1. The Morgan fingerprint density at radius 1 is 1.23 bits per heavy atom. The molecule has 0 radical (unpaired) electrons. The van der Waals surface area contributed by atoms with Gasteiger partial charge in [0.15, 0.2) is 0 Å². The quantitative estimate of drug-likeness (QED) is 0.557. The maximum atomic E-state index is 10.9. The standard InChI is InChI=1S/C19H22Cl2N2O3/c1-2-8-23(16-7-6-13(10-19(25)26)17(21)11-16)22-12-18(24)14-4-3-5-15(20)9-14/h3-7,9,11,18,22,24H,2,8,10,12H2,1H3,(H,25,26)/t18-/m0/s1. The molecule has 0 aliphatic rings. The van der Waals surface area contributed by atoms with Gasteiger partial charge in [0, 0.05) is 23.1 Å². The van der Waals surface area contributed by atoms with Crippen LogP contribution in [0.1, 0.15) is 30.6 Å². The van der Waals surface area contributed by atoms with Gasteiger partial charge < -0.3 is 15.2 Å². The first-order valence-corrected chi connectivity index (χ1v) is 9.11. The van der Waals surface area contributed by atoms with Gasteiger partial charge >= 0.3 is 5.97 Å². The van der Waals surface area contributed by atoms with Gasteiger partial charge in [-0.15, -0.1) is 0 Å². The zero-order valence-corrected chi connectivity index (χ0v) is 16.0. The molecule has 0 saturated heterocycles. The zero-order chi connectivity index (χ0) is 19.1. The van der Waals surface area contributed by atoms with Crippen LogP contribution >= 0.6 is 23.2 Å². The molecule has 0 aliphatic heterocycles. The third-order valence-corrected chi connectivity index (χ3v) is 4.43. The van der Waals surface area contributed by atoms with Gasteiger partial charge in [0.2, 0.25) is 0 Å². The second-order valence-corrected chi connectivity index (χ2v) is 6.77. The summed E-state index contributed by atoms with van der Waals surface area (Å²) in [4.78, 5) is 10.9. The number of anilines is 1. The van der Waals surface area contributed by atoms with E-state index < -0.39 is 12.1 Å². The monoisotopic (exact) mass is 396 g/mol. The maximum Gasteiger partial charge on any atom is 0.307 e. The van der Waals surface area contributed by atoms with E-state index in [0.29, 0.717) is 28.7 Å². The van der Waals surface area contributed by atoms with Crippen LogP contribution in [0.15, 0.2) is 42.5 Å². The number of hydrogen-bond acceptors (Lipinski definition) is 4. The number of carbonyl (C=O) groups is 1. The molecule has 2 rings (SSSR count). The Balaban J connectivity index is 2.08. The van der Waals surface area contributed by atoms with Crippen molar-refractivity contribution in [3.05, 3.63) is 63.6 Å². The molecule has 140 valence electrons. The molecule has 0 amide bonds. The van der Waals surface area contributed by atoms with Crippen LogP contribution in [0.3, 0.4) is 0 Å². The van der Waals surface area contributed by atoms with Crippen molar-refractivity contribution >= 4 is 34.9 Å². The number of nitrogens with one attached hydrogen (secondary N) is 1. The van der Waals surface area contributed by atoms with E-state index in [1.165, 1.54) is 0 Å². The molecule has 2 aromatic rings. The van der Waals surface area contributed by atoms with E-state index in [-0.39, 0.29) is 6.42 Å². The number of halogens is 2. The lowest BCUT2D eigenvalue weighted by atomic mass is 10.1. The highest BCUT2D eigenvalue weighted by Crippen LogP contribution is 2.24. The molecule has 2 aromatic carbocycles. The Bertz CT molecular complexity index is 755. The Morgan fingerprint density at radius 2 is 2.00 bits per heavy atom. The van der Waals surface area contributed by atoms with Crippen molar-refractivity contribution in [2.24, 2.45) is 0 Å². The largest absolute Gasteiger partial charge is 0.481 e. The lowest BCUT2D eigenvalue weighted by Crippen LogP contribution is -2.41. The van der Waals surface area contributed by atoms with Gasteiger partial charge in [-0.2, -0.15) is 0 Å². The number of aliphatic hydroxyl groups excluding tert-OH is 1. The lowest BCUT2D eigenvalue weighted by molar-refractivity contribution is -0.136. The molecule has 0 fully saturated rings. The third-order valence-electron chi connectivity index (χ3n) is 3.85. The summed E-state index contributed by atoms with van der Waals surface area (Å²) in [6.07, 6.45) is 0.0533. The number of hydrazine groups is 1. The fourth-order valence-electron chi connectivity index (χ4n) is 2.56. The third kappa shape index (κ3) is 5.88. The van der Waals surface area contributed by atoms with E-state index in [1.807, 2.05) is 24.1 Å².